The Morgan fingerprint density at radius 3 is 1.35 bits per heavy atom. The van der Waals surface area contributed by atoms with Gasteiger partial charge in [0.15, 0.2) is 0 Å². The Morgan fingerprint density at radius 2 is 1.00 bits per heavy atom. The highest BCUT2D eigenvalue weighted by Gasteiger charge is 2.22. The van der Waals surface area contributed by atoms with E-state index in [1.165, 1.54) is 116 Å². The van der Waals surface area contributed by atoms with Crippen LogP contribution >= 0.6 is 0 Å². The van der Waals surface area contributed by atoms with Crippen LogP contribution in [0.4, 0.5) is 0 Å². The van der Waals surface area contributed by atoms with Gasteiger partial charge in [0.2, 0.25) is 0 Å². The van der Waals surface area contributed by atoms with E-state index < -0.39 is 0 Å². The van der Waals surface area contributed by atoms with Crippen LogP contribution in [-0.4, -0.2) is 0 Å². The van der Waals surface area contributed by atoms with Crippen molar-refractivity contribution in [1.82, 2.24) is 0 Å². The Balaban J connectivity index is 1.64. The van der Waals surface area contributed by atoms with Crippen LogP contribution in [0, 0.1) is 5.92 Å². The van der Waals surface area contributed by atoms with Crippen molar-refractivity contribution in [2.75, 3.05) is 0 Å². The molecular formula is C23H44. The minimum absolute atomic E-state index is 0.927. The second-order valence-corrected chi connectivity index (χ2v) is 7.98. The summed E-state index contributed by atoms with van der Waals surface area (Å²) in [6, 6.07) is 0. The molecule has 0 amide bonds. The first-order chi connectivity index (χ1) is 11.3. The summed E-state index contributed by atoms with van der Waals surface area (Å²) in [5.74, 6) is 0.927. The third-order valence-electron chi connectivity index (χ3n) is 5.48. The van der Waals surface area contributed by atoms with E-state index in [1.807, 2.05) is 0 Å². The molecule has 1 aliphatic rings. The fourth-order valence-electron chi connectivity index (χ4n) is 3.56. The predicted molar refractivity (Wildman–Crippen MR) is 106 cm³/mol. The molecule has 1 aliphatic carbocycles. The summed E-state index contributed by atoms with van der Waals surface area (Å²) in [6.45, 7) is 4.65. The quantitative estimate of drug-likeness (QED) is 0.186. The van der Waals surface area contributed by atoms with Crippen molar-refractivity contribution >= 4 is 0 Å². The summed E-state index contributed by atoms with van der Waals surface area (Å²) < 4.78 is 0. The van der Waals surface area contributed by atoms with Crippen LogP contribution in [0.2, 0.25) is 0 Å². The van der Waals surface area contributed by atoms with Gasteiger partial charge < -0.3 is 0 Å². The lowest BCUT2D eigenvalue weighted by atomic mass is 10.0. The van der Waals surface area contributed by atoms with E-state index in [-0.39, 0.29) is 0 Å². The van der Waals surface area contributed by atoms with Crippen molar-refractivity contribution in [3.8, 4) is 0 Å². The summed E-state index contributed by atoms with van der Waals surface area (Å²) in [5, 5.41) is 0. The molecule has 0 radical (unpaired) electrons. The van der Waals surface area contributed by atoms with E-state index in [0.717, 1.165) is 5.92 Å². The van der Waals surface area contributed by atoms with E-state index in [0.29, 0.717) is 0 Å². The lowest BCUT2D eigenvalue weighted by Gasteiger charge is -2.03. The van der Waals surface area contributed by atoms with Crippen molar-refractivity contribution in [3.63, 3.8) is 0 Å². The SMILES string of the molecule is CCCCCCCCCCCCCCCCCCC=C1CC1C. The van der Waals surface area contributed by atoms with Crippen molar-refractivity contribution in [1.29, 1.82) is 0 Å². The number of rotatable bonds is 17. The highest BCUT2D eigenvalue weighted by molar-refractivity contribution is 5.21. The third kappa shape index (κ3) is 13.8. The lowest BCUT2D eigenvalue weighted by molar-refractivity contribution is 0.530. The molecule has 0 N–H and O–H groups in total. The molecule has 0 bridgehead atoms. The van der Waals surface area contributed by atoms with Crippen LogP contribution < -0.4 is 0 Å². The first-order valence-electron chi connectivity index (χ1n) is 11.0. The van der Waals surface area contributed by atoms with Crippen molar-refractivity contribution in [2.24, 2.45) is 5.92 Å². The van der Waals surface area contributed by atoms with Gasteiger partial charge in [-0.2, -0.15) is 0 Å². The first kappa shape index (κ1) is 20.8. The molecule has 0 aliphatic heterocycles. The normalized spacial score (nSPS) is 18.7. The Morgan fingerprint density at radius 1 is 0.652 bits per heavy atom. The van der Waals surface area contributed by atoms with Gasteiger partial charge in [-0.05, 0) is 25.2 Å². The van der Waals surface area contributed by atoms with E-state index in [2.05, 4.69) is 19.9 Å². The zero-order valence-electron chi connectivity index (χ0n) is 16.4. The van der Waals surface area contributed by atoms with Gasteiger partial charge in [0.25, 0.3) is 0 Å². The average Bonchev–Trinajstić information content (AvgIpc) is 3.26. The van der Waals surface area contributed by atoms with E-state index >= 15 is 0 Å². The molecule has 1 atom stereocenters. The average molecular weight is 321 g/mol. The number of unbranched alkanes of at least 4 members (excludes halogenated alkanes) is 16. The molecular weight excluding hydrogens is 276 g/mol. The van der Waals surface area contributed by atoms with Crippen LogP contribution in [0.25, 0.3) is 0 Å². The van der Waals surface area contributed by atoms with Gasteiger partial charge >= 0.3 is 0 Å². The molecule has 0 saturated heterocycles. The number of hydrogen-bond acceptors (Lipinski definition) is 0. The Hall–Kier alpha value is -0.260. The van der Waals surface area contributed by atoms with Gasteiger partial charge in [0, 0.05) is 0 Å². The molecule has 1 rings (SSSR count). The summed E-state index contributed by atoms with van der Waals surface area (Å²) in [5.41, 5.74) is 1.73. The molecule has 1 saturated carbocycles. The minimum atomic E-state index is 0.927. The molecule has 1 fully saturated rings. The highest BCUT2D eigenvalue weighted by Crippen LogP contribution is 2.37. The highest BCUT2D eigenvalue weighted by atomic mass is 14.3. The number of allylic oxidation sites excluding steroid dienone is 2. The van der Waals surface area contributed by atoms with Gasteiger partial charge in [0.05, 0.1) is 0 Å². The largest absolute Gasteiger partial charge is 0.0850 e. The van der Waals surface area contributed by atoms with Crippen molar-refractivity contribution in [3.05, 3.63) is 11.6 Å². The van der Waals surface area contributed by atoms with Crippen molar-refractivity contribution < 1.29 is 0 Å². The molecule has 0 heteroatoms. The monoisotopic (exact) mass is 320 g/mol. The Kier molecular flexibility index (Phi) is 13.8. The summed E-state index contributed by atoms with van der Waals surface area (Å²) in [4.78, 5) is 0. The van der Waals surface area contributed by atoms with Crippen LogP contribution in [-0.2, 0) is 0 Å². The van der Waals surface area contributed by atoms with Crippen molar-refractivity contribution in [2.45, 2.75) is 129 Å². The second kappa shape index (κ2) is 15.3. The second-order valence-electron chi connectivity index (χ2n) is 7.98. The van der Waals surface area contributed by atoms with Crippen LogP contribution in [0.15, 0.2) is 11.6 Å². The van der Waals surface area contributed by atoms with Crippen LogP contribution in [0.5, 0.6) is 0 Å². The van der Waals surface area contributed by atoms with Gasteiger partial charge in [-0.3, -0.25) is 0 Å². The van der Waals surface area contributed by atoms with E-state index in [4.69, 9.17) is 0 Å². The fraction of sp³-hybridized carbons (Fsp3) is 0.913. The fourth-order valence-corrected chi connectivity index (χ4v) is 3.56. The maximum Gasteiger partial charge on any atom is -0.0194 e. The smallest absolute Gasteiger partial charge is 0.0194 e. The molecule has 0 nitrogen and oxygen atoms in total. The van der Waals surface area contributed by atoms with Gasteiger partial charge in [0.1, 0.15) is 0 Å². The maximum absolute atomic E-state index is 2.51. The van der Waals surface area contributed by atoms with Crippen LogP contribution in [0.3, 0.4) is 0 Å². The first-order valence-corrected chi connectivity index (χ1v) is 11.0. The van der Waals surface area contributed by atoms with E-state index in [1.54, 1.807) is 5.57 Å². The lowest BCUT2D eigenvalue weighted by Crippen LogP contribution is -1.83. The van der Waals surface area contributed by atoms with Gasteiger partial charge in [-0.1, -0.05) is 122 Å². The summed E-state index contributed by atoms with van der Waals surface area (Å²) in [6.07, 6.45) is 28.7. The topological polar surface area (TPSA) is 0 Å². The number of hydrogen-bond donors (Lipinski definition) is 0. The van der Waals surface area contributed by atoms with Gasteiger partial charge in [-0.25, -0.2) is 0 Å². The molecule has 0 aromatic carbocycles. The summed E-state index contributed by atoms with van der Waals surface area (Å²) in [7, 11) is 0. The van der Waals surface area contributed by atoms with E-state index in [9.17, 15) is 0 Å². The zero-order chi connectivity index (χ0) is 16.6. The Labute approximate surface area is 147 Å². The molecule has 0 heterocycles. The third-order valence-corrected chi connectivity index (χ3v) is 5.48. The van der Waals surface area contributed by atoms with Crippen LogP contribution in [0.1, 0.15) is 129 Å². The summed E-state index contributed by atoms with van der Waals surface area (Å²) >= 11 is 0. The predicted octanol–water partition coefficient (Wildman–Crippen LogP) is 8.60. The molecule has 1 unspecified atom stereocenters. The zero-order valence-corrected chi connectivity index (χ0v) is 16.4. The van der Waals surface area contributed by atoms with Gasteiger partial charge in [-0.15, -0.1) is 0 Å². The standard InChI is InChI=1S/C23H44/c1-3-4-5-6-7-8-9-10-11-12-13-14-15-16-17-18-19-20-23-21-22(23)2/h20,22H,3-19,21H2,1-2H3. The molecule has 0 aromatic rings. The maximum atomic E-state index is 2.51. The minimum Gasteiger partial charge on any atom is -0.0850 e. The molecule has 0 spiro atoms. The Bertz CT molecular complexity index is 276. The molecule has 136 valence electrons. The molecule has 23 heavy (non-hydrogen) atoms. The molecule has 0 aromatic heterocycles.